The molecule has 0 spiro atoms. The molecule has 1 aliphatic rings. The summed E-state index contributed by atoms with van der Waals surface area (Å²) in [6.07, 6.45) is 1.76. The van der Waals surface area contributed by atoms with E-state index in [0.717, 1.165) is 12.8 Å². The van der Waals surface area contributed by atoms with Crippen LogP contribution < -0.4 is 5.73 Å². The van der Waals surface area contributed by atoms with Gasteiger partial charge in [-0.05, 0) is 24.7 Å². The highest BCUT2D eigenvalue weighted by atomic mass is 19.1. The zero-order chi connectivity index (χ0) is 7.78. The lowest BCUT2D eigenvalue weighted by Crippen LogP contribution is -2.40. The molecule has 0 heterocycles. The Morgan fingerprint density at radius 1 is 1.50 bits per heavy atom. The Bertz CT molecular complexity index is 122. The van der Waals surface area contributed by atoms with Crippen molar-refractivity contribution in [1.29, 1.82) is 0 Å². The maximum Gasteiger partial charge on any atom is 0.116 e. The van der Waals surface area contributed by atoms with Crippen molar-refractivity contribution in [1.82, 2.24) is 0 Å². The van der Waals surface area contributed by atoms with Gasteiger partial charge in [0, 0.05) is 6.04 Å². The number of halogens is 1. The molecule has 0 bridgehead atoms. The van der Waals surface area contributed by atoms with E-state index in [0.29, 0.717) is 6.42 Å². The van der Waals surface area contributed by atoms with E-state index in [-0.39, 0.29) is 11.5 Å². The molecule has 0 amide bonds. The van der Waals surface area contributed by atoms with E-state index in [1.54, 1.807) is 0 Å². The van der Waals surface area contributed by atoms with Gasteiger partial charge in [-0.25, -0.2) is 4.39 Å². The molecular weight excluding hydrogens is 129 g/mol. The summed E-state index contributed by atoms with van der Waals surface area (Å²) in [7, 11) is 0. The van der Waals surface area contributed by atoms with Crippen molar-refractivity contribution in [3.8, 4) is 0 Å². The first-order valence-corrected chi connectivity index (χ1v) is 3.91. The van der Waals surface area contributed by atoms with E-state index in [1.165, 1.54) is 0 Å². The highest BCUT2D eigenvalue weighted by Crippen LogP contribution is 2.35. The number of rotatable bonds is 0. The van der Waals surface area contributed by atoms with Crippen LogP contribution in [0.25, 0.3) is 0 Å². The third-order valence-electron chi connectivity index (χ3n) is 2.37. The Morgan fingerprint density at radius 3 is 2.50 bits per heavy atom. The molecule has 2 atom stereocenters. The van der Waals surface area contributed by atoms with Crippen LogP contribution in [0.1, 0.15) is 33.1 Å². The SMILES string of the molecule is CC1(C)CC[C@H](N)[C@H](F)C1. The van der Waals surface area contributed by atoms with E-state index in [1.807, 2.05) is 0 Å². The van der Waals surface area contributed by atoms with Crippen molar-refractivity contribution in [2.75, 3.05) is 0 Å². The quantitative estimate of drug-likeness (QED) is 0.553. The molecule has 0 unspecified atom stereocenters. The smallest absolute Gasteiger partial charge is 0.116 e. The van der Waals surface area contributed by atoms with Gasteiger partial charge in [-0.15, -0.1) is 0 Å². The Kier molecular flexibility index (Phi) is 1.99. The maximum atomic E-state index is 12.9. The molecule has 2 N–H and O–H groups in total. The number of alkyl halides is 1. The van der Waals surface area contributed by atoms with Gasteiger partial charge in [-0.3, -0.25) is 0 Å². The van der Waals surface area contributed by atoms with E-state index < -0.39 is 6.17 Å². The standard InChI is InChI=1S/C8H16FN/c1-8(2)4-3-7(10)6(9)5-8/h6-7H,3-5,10H2,1-2H3/t6-,7+/m1/s1. The second kappa shape index (κ2) is 2.50. The minimum Gasteiger partial charge on any atom is -0.325 e. The summed E-state index contributed by atoms with van der Waals surface area (Å²) in [4.78, 5) is 0. The van der Waals surface area contributed by atoms with Gasteiger partial charge in [0.05, 0.1) is 0 Å². The van der Waals surface area contributed by atoms with Crippen LogP contribution in [0.15, 0.2) is 0 Å². The Hall–Kier alpha value is -0.110. The highest BCUT2D eigenvalue weighted by Gasteiger charge is 2.32. The predicted molar refractivity (Wildman–Crippen MR) is 40.5 cm³/mol. The number of hydrogen-bond acceptors (Lipinski definition) is 1. The van der Waals surface area contributed by atoms with Gasteiger partial charge in [0.1, 0.15) is 6.17 Å². The topological polar surface area (TPSA) is 26.0 Å². The maximum absolute atomic E-state index is 12.9. The van der Waals surface area contributed by atoms with Crippen molar-refractivity contribution in [2.45, 2.75) is 45.3 Å². The first kappa shape index (κ1) is 7.99. The summed E-state index contributed by atoms with van der Waals surface area (Å²) in [6.45, 7) is 4.21. The molecule has 0 aromatic carbocycles. The van der Waals surface area contributed by atoms with Gasteiger partial charge >= 0.3 is 0 Å². The molecule has 1 aliphatic carbocycles. The summed E-state index contributed by atoms with van der Waals surface area (Å²) >= 11 is 0. The molecule has 10 heavy (non-hydrogen) atoms. The summed E-state index contributed by atoms with van der Waals surface area (Å²) in [6, 6.07) is -0.201. The molecule has 60 valence electrons. The summed E-state index contributed by atoms with van der Waals surface area (Å²) in [5.41, 5.74) is 5.70. The Morgan fingerprint density at radius 2 is 2.10 bits per heavy atom. The average Bonchev–Trinajstić information content (AvgIpc) is 1.79. The molecule has 0 aromatic heterocycles. The van der Waals surface area contributed by atoms with Crippen LogP contribution in [0.3, 0.4) is 0 Å². The van der Waals surface area contributed by atoms with Gasteiger partial charge < -0.3 is 5.73 Å². The first-order valence-electron chi connectivity index (χ1n) is 3.91. The fraction of sp³-hybridized carbons (Fsp3) is 1.00. The molecule has 2 heteroatoms. The van der Waals surface area contributed by atoms with Gasteiger partial charge in [0.25, 0.3) is 0 Å². The monoisotopic (exact) mass is 145 g/mol. The second-order valence-corrected chi connectivity index (χ2v) is 4.09. The van der Waals surface area contributed by atoms with Crippen molar-refractivity contribution >= 4 is 0 Å². The van der Waals surface area contributed by atoms with Gasteiger partial charge in [-0.1, -0.05) is 13.8 Å². The van der Waals surface area contributed by atoms with Crippen LogP contribution in [0.2, 0.25) is 0 Å². The van der Waals surface area contributed by atoms with Crippen LogP contribution >= 0.6 is 0 Å². The summed E-state index contributed by atoms with van der Waals surface area (Å²) in [5.74, 6) is 0. The van der Waals surface area contributed by atoms with Crippen LogP contribution in [-0.4, -0.2) is 12.2 Å². The minimum atomic E-state index is -0.774. The molecule has 0 radical (unpaired) electrons. The third kappa shape index (κ3) is 1.69. The molecule has 1 fully saturated rings. The average molecular weight is 145 g/mol. The first-order chi connectivity index (χ1) is 4.51. The number of nitrogens with two attached hydrogens (primary N) is 1. The van der Waals surface area contributed by atoms with E-state index >= 15 is 0 Å². The van der Waals surface area contributed by atoms with Crippen LogP contribution in [0.4, 0.5) is 4.39 Å². The van der Waals surface area contributed by atoms with Crippen LogP contribution in [0.5, 0.6) is 0 Å². The summed E-state index contributed by atoms with van der Waals surface area (Å²) < 4.78 is 12.9. The van der Waals surface area contributed by atoms with Gasteiger partial charge in [0.15, 0.2) is 0 Å². The predicted octanol–water partition coefficient (Wildman–Crippen LogP) is 1.86. The van der Waals surface area contributed by atoms with Crippen molar-refractivity contribution in [3.05, 3.63) is 0 Å². The fourth-order valence-electron chi connectivity index (χ4n) is 1.52. The van der Waals surface area contributed by atoms with Gasteiger partial charge in [-0.2, -0.15) is 0 Å². The zero-order valence-electron chi connectivity index (χ0n) is 6.73. The molecule has 1 nitrogen and oxygen atoms in total. The van der Waals surface area contributed by atoms with Crippen molar-refractivity contribution in [3.63, 3.8) is 0 Å². The lowest BCUT2D eigenvalue weighted by atomic mass is 9.75. The largest absolute Gasteiger partial charge is 0.325 e. The van der Waals surface area contributed by atoms with Crippen molar-refractivity contribution < 1.29 is 4.39 Å². The lowest BCUT2D eigenvalue weighted by Gasteiger charge is -2.35. The molecule has 0 aromatic rings. The highest BCUT2D eigenvalue weighted by molar-refractivity contribution is 4.86. The molecule has 0 saturated heterocycles. The molecule has 1 rings (SSSR count). The van der Waals surface area contributed by atoms with Crippen molar-refractivity contribution in [2.24, 2.45) is 11.1 Å². The molecule has 1 saturated carbocycles. The Balaban J connectivity index is 2.49. The van der Waals surface area contributed by atoms with Crippen LogP contribution in [0, 0.1) is 5.41 Å². The van der Waals surface area contributed by atoms with E-state index in [9.17, 15) is 4.39 Å². The molecular formula is C8H16FN. The lowest BCUT2D eigenvalue weighted by molar-refractivity contribution is 0.118. The minimum absolute atomic E-state index is 0.176. The molecule has 0 aliphatic heterocycles. The summed E-state index contributed by atoms with van der Waals surface area (Å²) in [5, 5.41) is 0. The Labute approximate surface area is 61.8 Å². The van der Waals surface area contributed by atoms with E-state index in [2.05, 4.69) is 13.8 Å². The van der Waals surface area contributed by atoms with E-state index in [4.69, 9.17) is 5.73 Å². The normalized spacial score (nSPS) is 39.6. The van der Waals surface area contributed by atoms with Crippen LogP contribution in [-0.2, 0) is 0 Å². The number of hydrogen-bond donors (Lipinski definition) is 1. The zero-order valence-corrected chi connectivity index (χ0v) is 6.73. The fourth-order valence-corrected chi connectivity index (χ4v) is 1.52. The third-order valence-corrected chi connectivity index (χ3v) is 2.37. The second-order valence-electron chi connectivity index (χ2n) is 4.09. The van der Waals surface area contributed by atoms with Gasteiger partial charge in [0.2, 0.25) is 0 Å².